The number of halogens is 4. The van der Waals surface area contributed by atoms with Crippen LogP contribution in [0.4, 0.5) is 13.2 Å². The average molecular weight is 243 g/mol. The van der Waals surface area contributed by atoms with Gasteiger partial charge >= 0.3 is 6.36 Å². The largest absolute Gasteiger partial charge is 0.573 e. The van der Waals surface area contributed by atoms with Gasteiger partial charge in [-0.25, -0.2) is 0 Å². The van der Waals surface area contributed by atoms with Crippen LogP contribution in [-0.2, 0) is 0 Å². The van der Waals surface area contributed by atoms with Crippen molar-refractivity contribution in [2.45, 2.75) is 11.3 Å². The van der Waals surface area contributed by atoms with Crippen LogP contribution in [0.5, 0.6) is 5.75 Å². The third-order valence-electron chi connectivity index (χ3n) is 1.36. The molecule has 0 atom stereocenters. The van der Waals surface area contributed by atoms with Gasteiger partial charge in [-0.1, -0.05) is 11.6 Å². The summed E-state index contributed by atoms with van der Waals surface area (Å²) in [6.07, 6.45) is -2.94. The summed E-state index contributed by atoms with van der Waals surface area (Å²) in [5.74, 6) is -0.258. The molecule has 1 aromatic rings. The summed E-state index contributed by atoms with van der Waals surface area (Å²) >= 11 is 6.97. The van der Waals surface area contributed by atoms with Gasteiger partial charge in [0.25, 0.3) is 0 Å². The zero-order valence-electron chi connectivity index (χ0n) is 7.06. The van der Waals surface area contributed by atoms with Crippen LogP contribution < -0.4 is 4.74 Å². The summed E-state index contributed by atoms with van der Waals surface area (Å²) in [6, 6.07) is 3.80. The molecule has 0 bridgehead atoms. The van der Waals surface area contributed by atoms with Crippen LogP contribution in [0.1, 0.15) is 0 Å². The highest BCUT2D eigenvalue weighted by atomic mass is 35.5. The van der Waals surface area contributed by atoms with E-state index >= 15 is 0 Å². The Kier molecular flexibility index (Phi) is 3.55. The molecule has 0 aliphatic heterocycles. The van der Waals surface area contributed by atoms with Crippen LogP contribution in [0.15, 0.2) is 23.1 Å². The minimum Gasteiger partial charge on any atom is -0.406 e. The van der Waals surface area contributed by atoms with Gasteiger partial charge < -0.3 is 4.74 Å². The van der Waals surface area contributed by atoms with Gasteiger partial charge in [-0.05, 0) is 24.5 Å². The Bertz CT molecular complexity index is 327. The number of benzene rings is 1. The maximum Gasteiger partial charge on any atom is 0.573 e. The summed E-state index contributed by atoms with van der Waals surface area (Å²) in [6.45, 7) is 0. The van der Waals surface area contributed by atoms with Crippen molar-refractivity contribution in [2.24, 2.45) is 0 Å². The molecular weight excluding hydrogens is 237 g/mol. The summed E-state index contributed by atoms with van der Waals surface area (Å²) in [5, 5.41) is 0.409. The van der Waals surface area contributed by atoms with Crippen molar-refractivity contribution in [1.29, 1.82) is 0 Å². The molecule has 1 aromatic carbocycles. The average Bonchev–Trinajstić information content (AvgIpc) is 2.06. The number of alkyl halides is 3. The molecule has 0 N–H and O–H groups in total. The number of thioether (sulfide) groups is 1. The smallest absolute Gasteiger partial charge is 0.406 e. The Morgan fingerprint density at radius 3 is 2.50 bits per heavy atom. The molecule has 0 saturated heterocycles. The highest BCUT2D eigenvalue weighted by molar-refractivity contribution is 7.98. The lowest BCUT2D eigenvalue weighted by molar-refractivity contribution is -0.274. The highest BCUT2D eigenvalue weighted by Crippen LogP contribution is 2.31. The van der Waals surface area contributed by atoms with E-state index in [1.807, 2.05) is 0 Å². The van der Waals surface area contributed by atoms with Crippen LogP contribution in [0.25, 0.3) is 0 Å². The molecule has 14 heavy (non-hydrogen) atoms. The summed E-state index contributed by atoms with van der Waals surface area (Å²) in [7, 11) is 0. The first-order chi connectivity index (χ1) is 6.42. The zero-order chi connectivity index (χ0) is 10.8. The fourth-order valence-corrected chi connectivity index (χ4v) is 1.68. The van der Waals surface area contributed by atoms with E-state index in [1.54, 1.807) is 6.26 Å². The molecule has 0 aliphatic rings. The number of rotatable bonds is 2. The molecule has 0 radical (unpaired) electrons. The molecule has 0 aromatic heterocycles. The topological polar surface area (TPSA) is 9.23 Å². The normalized spacial score (nSPS) is 11.5. The van der Waals surface area contributed by atoms with Crippen molar-refractivity contribution in [2.75, 3.05) is 6.26 Å². The summed E-state index contributed by atoms with van der Waals surface area (Å²) in [4.78, 5) is 0.549. The second-order valence-electron chi connectivity index (χ2n) is 2.34. The van der Waals surface area contributed by atoms with Crippen molar-refractivity contribution in [1.82, 2.24) is 0 Å². The van der Waals surface area contributed by atoms with Gasteiger partial charge in [0.15, 0.2) is 0 Å². The third-order valence-corrected chi connectivity index (χ3v) is 2.58. The molecule has 1 nitrogen and oxygen atoms in total. The molecule has 0 heterocycles. The van der Waals surface area contributed by atoms with Gasteiger partial charge in [-0.15, -0.1) is 24.9 Å². The highest BCUT2D eigenvalue weighted by Gasteiger charge is 2.31. The minimum absolute atomic E-state index is 0.258. The second kappa shape index (κ2) is 4.31. The van der Waals surface area contributed by atoms with E-state index in [4.69, 9.17) is 11.6 Å². The first-order valence-corrected chi connectivity index (χ1v) is 5.12. The van der Waals surface area contributed by atoms with Crippen molar-refractivity contribution in [3.05, 3.63) is 23.2 Å². The number of hydrogen-bond donors (Lipinski definition) is 0. The maximum absolute atomic E-state index is 11.8. The SMILES string of the molecule is CSc1cc(OC(F)(F)F)ccc1Cl. The van der Waals surface area contributed by atoms with Gasteiger partial charge in [0.2, 0.25) is 0 Å². The lowest BCUT2D eigenvalue weighted by Crippen LogP contribution is -2.17. The molecular formula is C8H6ClF3OS. The van der Waals surface area contributed by atoms with E-state index in [9.17, 15) is 13.2 Å². The van der Waals surface area contributed by atoms with Crippen molar-refractivity contribution >= 4 is 23.4 Å². The lowest BCUT2D eigenvalue weighted by Gasteiger charge is -2.09. The summed E-state index contributed by atoms with van der Waals surface area (Å²) < 4.78 is 39.2. The molecule has 0 spiro atoms. The molecule has 0 unspecified atom stereocenters. The Hall–Kier alpha value is -0.550. The second-order valence-corrected chi connectivity index (χ2v) is 3.60. The molecule has 0 amide bonds. The van der Waals surface area contributed by atoms with Crippen LogP contribution in [0.2, 0.25) is 5.02 Å². The monoisotopic (exact) mass is 242 g/mol. The van der Waals surface area contributed by atoms with E-state index in [0.29, 0.717) is 9.92 Å². The first-order valence-electron chi connectivity index (χ1n) is 3.51. The van der Waals surface area contributed by atoms with Crippen molar-refractivity contribution in [3.63, 3.8) is 0 Å². The fourth-order valence-electron chi connectivity index (χ4n) is 0.837. The van der Waals surface area contributed by atoms with E-state index < -0.39 is 6.36 Å². The van der Waals surface area contributed by atoms with Crippen LogP contribution in [-0.4, -0.2) is 12.6 Å². The van der Waals surface area contributed by atoms with Gasteiger partial charge in [0.05, 0.1) is 5.02 Å². The van der Waals surface area contributed by atoms with Crippen molar-refractivity contribution < 1.29 is 17.9 Å². The standard InChI is InChI=1S/C8H6ClF3OS/c1-14-7-4-5(2-3-6(7)9)13-8(10,11)12/h2-4H,1H3. The third kappa shape index (κ3) is 3.31. The Labute approximate surface area is 88.2 Å². The maximum atomic E-state index is 11.8. The predicted molar refractivity (Wildman–Crippen MR) is 49.9 cm³/mol. The molecule has 0 aliphatic carbocycles. The van der Waals surface area contributed by atoms with Crippen LogP contribution in [0, 0.1) is 0 Å². The minimum atomic E-state index is -4.66. The predicted octanol–water partition coefficient (Wildman–Crippen LogP) is 3.96. The molecule has 1 rings (SSSR count). The Morgan fingerprint density at radius 2 is 2.00 bits per heavy atom. The molecule has 0 saturated carbocycles. The quantitative estimate of drug-likeness (QED) is 0.726. The molecule has 78 valence electrons. The van der Waals surface area contributed by atoms with Crippen LogP contribution in [0.3, 0.4) is 0 Å². The van der Waals surface area contributed by atoms with Crippen LogP contribution >= 0.6 is 23.4 Å². The van der Waals surface area contributed by atoms with E-state index in [0.717, 1.165) is 0 Å². The van der Waals surface area contributed by atoms with Gasteiger partial charge in [-0.3, -0.25) is 0 Å². The van der Waals surface area contributed by atoms with E-state index in [1.165, 1.54) is 30.0 Å². The van der Waals surface area contributed by atoms with E-state index in [-0.39, 0.29) is 5.75 Å². The number of hydrogen-bond acceptors (Lipinski definition) is 2. The van der Waals surface area contributed by atoms with Gasteiger partial charge in [-0.2, -0.15) is 0 Å². The van der Waals surface area contributed by atoms with Gasteiger partial charge in [0.1, 0.15) is 5.75 Å². The number of ether oxygens (including phenoxy) is 1. The summed E-state index contributed by atoms with van der Waals surface area (Å²) in [5.41, 5.74) is 0. The first kappa shape index (κ1) is 11.5. The van der Waals surface area contributed by atoms with Gasteiger partial charge in [0, 0.05) is 4.90 Å². The molecule has 6 heteroatoms. The Balaban J connectivity index is 2.90. The van der Waals surface area contributed by atoms with E-state index in [2.05, 4.69) is 4.74 Å². The Morgan fingerprint density at radius 1 is 1.36 bits per heavy atom. The molecule has 0 fully saturated rings. The van der Waals surface area contributed by atoms with Crippen molar-refractivity contribution in [3.8, 4) is 5.75 Å². The fraction of sp³-hybridized carbons (Fsp3) is 0.250. The zero-order valence-corrected chi connectivity index (χ0v) is 8.63. The lowest BCUT2D eigenvalue weighted by atomic mass is 10.3.